The summed E-state index contributed by atoms with van der Waals surface area (Å²) in [6, 6.07) is 2.21. The molecule has 0 aromatic carbocycles. The van der Waals surface area contributed by atoms with Gasteiger partial charge in [-0.15, -0.1) is 10.2 Å². The van der Waals surface area contributed by atoms with E-state index < -0.39 is 11.9 Å². The van der Waals surface area contributed by atoms with Crippen molar-refractivity contribution in [2.24, 2.45) is 13.0 Å². The zero-order chi connectivity index (χ0) is 17.2. The molecule has 1 N–H and O–H groups in total. The van der Waals surface area contributed by atoms with E-state index in [4.69, 9.17) is 4.74 Å². The summed E-state index contributed by atoms with van der Waals surface area (Å²) in [4.78, 5) is 4.34. The van der Waals surface area contributed by atoms with Crippen molar-refractivity contribution in [3.8, 4) is 0 Å². The van der Waals surface area contributed by atoms with Gasteiger partial charge in [0.1, 0.15) is 17.7 Å². The molecule has 9 heteroatoms. The van der Waals surface area contributed by atoms with Gasteiger partial charge in [0.15, 0.2) is 5.69 Å². The number of aryl methyl sites for hydroxylation is 1. The molecule has 3 heterocycles. The summed E-state index contributed by atoms with van der Waals surface area (Å²) in [7, 11) is 1.91. The molecule has 0 amide bonds. The summed E-state index contributed by atoms with van der Waals surface area (Å²) in [5, 5.41) is 9.85. The van der Waals surface area contributed by atoms with Gasteiger partial charge in [-0.05, 0) is 25.0 Å². The zero-order valence-corrected chi connectivity index (χ0v) is 13.1. The van der Waals surface area contributed by atoms with Crippen LogP contribution in [0.15, 0.2) is 24.5 Å². The van der Waals surface area contributed by atoms with E-state index in [9.17, 15) is 13.2 Å². The van der Waals surface area contributed by atoms with Crippen LogP contribution in [-0.4, -0.2) is 32.9 Å². The van der Waals surface area contributed by atoms with E-state index in [2.05, 4.69) is 20.5 Å². The third kappa shape index (κ3) is 3.66. The summed E-state index contributed by atoms with van der Waals surface area (Å²) in [5.41, 5.74) is -1.00. The average Bonchev–Trinajstić information content (AvgIpc) is 2.99. The van der Waals surface area contributed by atoms with Gasteiger partial charge in [0.25, 0.3) is 0 Å². The predicted molar refractivity (Wildman–Crippen MR) is 80.1 cm³/mol. The lowest BCUT2D eigenvalue weighted by Gasteiger charge is -2.31. The number of hydrogen-bond acceptors (Lipinski definition) is 5. The maximum atomic E-state index is 12.5. The van der Waals surface area contributed by atoms with Crippen molar-refractivity contribution < 1.29 is 17.9 Å². The third-order valence-electron chi connectivity index (χ3n) is 4.06. The number of ether oxygens (including phenoxy) is 1. The van der Waals surface area contributed by atoms with Gasteiger partial charge in [0, 0.05) is 38.5 Å². The molecule has 3 rings (SSSR count). The highest BCUT2D eigenvalue weighted by Crippen LogP contribution is 2.33. The number of hydrogen-bond donors (Lipinski definition) is 1. The zero-order valence-electron chi connectivity index (χ0n) is 13.1. The molecule has 24 heavy (non-hydrogen) atoms. The number of aromatic nitrogens is 4. The Bertz CT molecular complexity index is 670. The van der Waals surface area contributed by atoms with Crippen molar-refractivity contribution in [1.82, 2.24) is 19.7 Å². The van der Waals surface area contributed by atoms with Crippen LogP contribution in [0.4, 0.5) is 19.0 Å². The van der Waals surface area contributed by atoms with Gasteiger partial charge in [0.05, 0.1) is 0 Å². The number of nitrogens with one attached hydrogen (secondary N) is 1. The molecular weight excluding hydrogens is 323 g/mol. The molecule has 6 nitrogen and oxygen atoms in total. The van der Waals surface area contributed by atoms with E-state index in [0.717, 1.165) is 24.7 Å². The van der Waals surface area contributed by atoms with E-state index in [0.29, 0.717) is 19.0 Å². The molecule has 130 valence electrons. The molecule has 1 saturated heterocycles. The van der Waals surface area contributed by atoms with Gasteiger partial charge in [-0.3, -0.25) is 0 Å². The second kappa shape index (κ2) is 6.76. The molecule has 0 bridgehead atoms. The number of nitrogens with zero attached hydrogens (tertiary/aromatic N) is 4. The first-order chi connectivity index (χ1) is 11.4. The topological polar surface area (TPSA) is 64.9 Å². The second-order valence-corrected chi connectivity index (χ2v) is 5.77. The van der Waals surface area contributed by atoms with Crippen LogP contribution in [0.5, 0.6) is 0 Å². The normalized spacial score (nSPS) is 21.7. The van der Waals surface area contributed by atoms with Crippen LogP contribution in [0.2, 0.25) is 0 Å². The first-order valence-corrected chi connectivity index (χ1v) is 7.69. The Balaban J connectivity index is 1.65. The van der Waals surface area contributed by atoms with E-state index in [1.54, 1.807) is 6.20 Å². The van der Waals surface area contributed by atoms with E-state index in [1.807, 2.05) is 17.8 Å². The molecule has 2 atom stereocenters. The first-order valence-electron chi connectivity index (χ1n) is 7.69. The fourth-order valence-corrected chi connectivity index (χ4v) is 2.80. The number of anilines is 1. The Morgan fingerprint density at radius 1 is 1.33 bits per heavy atom. The Morgan fingerprint density at radius 3 is 2.79 bits per heavy atom. The molecule has 0 saturated carbocycles. The van der Waals surface area contributed by atoms with Gasteiger partial charge in [-0.2, -0.15) is 13.2 Å². The van der Waals surface area contributed by atoms with Crippen molar-refractivity contribution in [1.29, 1.82) is 0 Å². The van der Waals surface area contributed by atoms with E-state index in [1.165, 1.54) is 6.07 Å². The molecule has 1 aliphatic heterocycles. The van der Waals surface area contributed by atoms with Gasteiger partial charge in [-0.25, -0.2) is 4.98 Å². The molecule has 1 aliphatic rings. The van der Waals surface area contributed by atoms with Crippen molar-refractivity contribution >= 4 is 5.82 Å². The lowest BCUT2D eigenvalue weighted by molar-refractivity contribution is -0.141. The van der Waals surface area contributed by atoms with Crippen LogP contribution in [-0.2, 0) is 18.0 Å². The molecule has 2 aromatic rings. The SMILES string of the molecule is Cn1ccnc1[C@@H]1OCCC[C@H]1CNc1ccc(C(F)(F)F)nn1. The summed E-state index contributed by atoms with van der Waals surface area (Å²) < 4.78 is 45.3. The van der Waals surface area contributed by atoms with Crippen molar-refractivity contribution in [2.45, 2.75) is 25.1 Å². The minimum Gasteiger partial charge on any atom is -0.370 e. The fourth-order valence-electron chi connectivity index (χ4n) is 2.80. The van der Waals surface area contributed by atoms with E-state index in [-0.39, 0.29) is 12.0 Å². The first kappa shape index (κ1) is 16.7. The highest BCUT2D eigenvalue weighted by Gasteiger charge is 2.33. The Morgan fingerprint density at radius 2 is 2.17 bits per heavy atom. The lowest BCUT2D eigenvalue weighted by Crippen LogP contribution is -2.30. The monoisotopic (exact) mass is 341 g/mol. The molecule has 0 radical (unpaired) electrons. The smallest absolute Gasteiger partial charge is 0.370 e. The van der Waals surface area contributed by atoms with Gasteiger partial charge >= 0.3 is 6.18 Å². The minimum absolute atomic E-state index is 0.145. The number of halogens is 3. The standard InChI is InChI=1S/C15H18F3N5O/c1-23-7-6-19-14(23)13-10(3-2-8-24-13)9-20-12-5-4-11(21-22-12)15(16,17)18/h4-7,10,13H,2-3,8-9H2,1H3,(H,20,22)/t10-,13+/m0/s1. The predicted octanol–water partition coefficient (Wildman–Crippen LogP) is 2.81. The molecular formula is C15H18F3N5O. The highest BCUT2D eigenvalue weighted by molar-refractivity contribution is 5.33. The van der Waals surface area contributed by atoms with Gasteiger partial charge in [0.2, 0.25) is 0 Å². The Kier molecular flexibility index (Phi) is 4.70. The van der Waals surface area contributed by atoms with Gasteiger partial charge < -0.3 is 14.6 Å². The minimum atomic E-state index is -4.48. The van der Waals surface area contributed by atoms with Gasteiger partial charge in [-0.1, -0.05) is 0 Å². The molecule has 1 fully saturated rings. The van der Waals surface area contributed by atoms with Crippen LogP contribution in [0.1, 0.15) is 30.5 Å². The summed E-state index contributed by atoms with van der Waals surface area (Å²) >= 11 is 0. The maximum absolute atomic E-state index is 12.5. The quantitative estimate of drug-likeness (QED) is 0.926. The summed E-state index contributed by atoms with van der Waals surface area (Å²) in [6.45, 7) is 1.20. The molecule has 0 spiro atoms. The summed E-state index contributed by atoms with van der Waals surface area (Å²) in [6.07, 6.45) is 0.836. The number of imidazole rings is 1. The van der Waals surface area contributed by atoms with Crippen LogP contribution in [0.25, 0.3) is 0 Å². The molecule has 0 aliphatic carbocycles. The van der Waals surface area contributed by atoms with Crippen LogP contribution in [0, 0.1) is 5.92 Å². The largest absolute Gasteiger partial charge is 0.435 e. The van der Waals surface area contributed by atoms with Crippen LogP contribution >= 0.6 is 0 Å². The van der Waals surface area contributed by atoms with Crippen molar-refractivity contribution in [3.63, 3.8) is 0 Å². The Labute approximate surface area is 137 Å². The van der Waals surface area contributed by atoms with Crippen LogP contribution in [0.3, 0.4) is 0 Å². The average molecular weight is 341 g/mol. The second-order valence-electron chi connectivity index (χ2n) is 5.77. The lowest BCUT2D eigenvalue weighted by atomic mass is 9.93. The Hall–Kier alpha value is -2.16. The summed E-state index contributed by atoms with van der Waals surface area (Å²) in [5.74, 6) is 1.32. The van der Waals surface area contributed by atoms with Crippen molar-refractivity contribution in [2.75, 3.05) is 18.5 Å². The fraction of sp³-hybridized carbons (Fsp3) is 0.533. The number of rotatable bonds is 4. The number of alkyl halides is 3. The highest BCUT2D eigenvalue weighted by atomic mass is 19.4. The van der Waals surface area contributed by atoms with Crippen molar-refractivity contribution in [3.05, 3.63) is 36.0 Å². The third-order valence-corrected chi connectivity index (χ3v) is 4.06. The van der Waals surface area contributed by atoms with Crippen LogP contribution < -0.4 is 5.32 Å². The van der Waals surface area contributed by atoms with E-state index >= 15 is 0 Å². The molecule has 2 aromatic heterocycles. The molecule has 0 unspecified atom stereocenters. The maximum Gasteiger partial charge on any atom is 0.435 e.